The van der Waals surface area contributed by atoms with Gasteiger partial charge < -0.3 is 19.5 Å². The Balaban J connectivity index is 2.77. The Hall–Kier alpha value is -0.920. The van der Waals surface area contributed by atoms with E-state index in [4.69, 9.17) is 9.47 Å². The first-order valence-electron chi connectivity index (χ1n) is 5.59. The second-order valence-corrected chi connectivity index (χ2v) is 4.51. The van der Waals surface area contributed by atoms with E-state index in [1.807, 2.05) is 0 Å². The van der Waals surface area contributed by atoms with E-state index in [1.165, 1.54) is 7.11 Å². The lowest BCUT2D eigenvalue weighted by molar-refractivity contribution is -0.0517. The second kappa shape index (κ2) is 8.29. The van der Waals surface area contributed by atoms with Crippen molar-refractivity contribution >= 4 is 15.9 Å². The summed E-state index contributed by atoms with van der Waals surface area (Å²) in [6, 6.07) is 3.36. The van der Waals surface area contributed by atoms with Crippen LogP contribution in [0.15, 0.2) is 16.6 Å². The van der Waals surface area contributed by atoms with E-state index in [9.17, 15) is 8.78 Å². The molecule has 0 bridgehead atoms. The number of hydrogen-bond acceptors (Lipinski definition) is 4. The van der Waals surface area contributed by atoms with Crippen LogP contribution in [-0.4, -0.2) is 34.0 Å². The minimum Gasteiger partial charge on any atom is -0.493 e. The predicted molar refractivity (Wildman–Crippen MR) is 70.9 cm³/mol. The molecule has 0 saturated heterocycles. The van der Waals surface area contributed by atoms with Crippen LogP contribution in [0.3, 0.4) is 0 Å². The molecule has 19 heavy (non-hydrogen) atoms. The van der Waals surface area contributed by atoms with Crippen LogP contribution in [0.5, 0.6) is 11.5 Å². The monoisotopic (exact) mass is 339 g/mol. The molecule has 108 valence electrons. The van der Waals surface area contributed by atoms with Crippen LogP contribution in [0.1, 0.15) is 5.56 Å². The van der Waals surface area contributed by atoms with Crippen LogP contribution in [0.4, 0.5) is 8.78 Å². The quantitative estimate of drug-likeness (QED) is 0.739. The molecule has 0 aliphatic heterocycles. The highest BCUT2D eigenvalue weighted by Crippen LogP contribution is 2.37. The zero-order chi connectivity index (χ0) is 14.3. The smallest absolute Gasteiger partial charge is 0.387 e. The minimum absolute atomic E-state index is 0.00172. The van der Waals surface area contributed by atoms with Crippen molar-refractivity contribution in [3.63, 3.8) is 0 Å². The average molecular weight is 340 g/mol. The maximum Gasteiger partial charge on any atom is 0.387 e. The van der Waals surface area contributed by atoms with Crippen molar-refractivity contribution in [1.29, 1.82) is 0 Å². The lowest BCUT2D eigenvalue weighted by Gasteiger charge is -2.14. The van der Waals surface area contributed by atoms with Gasteiger partial charge in [0.1, 0.15) is 0 Å². The minimum atomic E-state index is -2.89. The van der Waals surface area contributed by atoms with E-state index in [0.717, 1.165) is 5.56 Å². The molecule has 0 radical (unpaired) electrons. The van der Waals surface area contributed by atoms with E-state index in [2.05, 4.69) is 26.0 Å². The maximum absolute atomic E-state index is 12.3. The first-order chi connectivity index (χ1) is 9.08. The zero-order valence-corrected chi connectivity index (χ0v) is 12.3. The number of benzene rings is 1. The molecule has 1 rings (SSSR count). The fourth-order valence-electron chi connectivity index (χ4n) is 1.49. The molecule has 0 amide bonds. The Bertz CT molecular complexity index is 405. The molecule has 7 heteroatoms. The van der Waals surface area contributed by atoms with E-state index < -0.39 is 6.61 Å². The van der Waals surface area contributed by atoms with E-state index in [1.54, 1.807) is 19.2 Å². The Morgan fingerprint density at radius 1 is 1.32 bits per heavy atom. The third-order valence-electron chi connectivity index (χ3n) is 2.31. The molecule has 0 fully saturated rings. The summed E-state index contributed by atoms with van der Waals surface area (Å²) in [5.74, 6) is 0.261. The van der Waals surface area contributed by atoms with Crippen molar-refractivity contribution in [2.45, 2.75) is 13.2 Å². The van der Waals surface area contributed by atoms with Gasteiger partial charge in [0.15, 0.2) is 11.5 Å². The highest BCUT2D eigenvalue weighted by Gasteiger charge is 2.15. The molecule has 0 aromatic heterocycles. The maximum atomic E-state index is 12.3. The number of methoxy groups -OCH3 is 2. The average Bonchev–Trinajstić information content (AvgIpc) is 2.37. The molecule has 0 spiro atoms. The number of nitrogens with one attached hydrogen (secondary N) is 1. The SMILES string of the molecule is COCCNCc1cc(Br)c(OC(F)F)c(OC)c1. The zero-order valence-electron chi connectivity index (χ0n) is 10.7. The molecule has 4 nitrogen and oxygen atoms in total. The van der Waals surface area contributed by atoms with Gasteiger partial charge in [-0.3, -0.25) is 0 Å². The third-order valence-corrected chi connectivity index (χ3v) is 2.90. The molecule has 1 aromatic rings. The van der Waals surface area contributed by atoms with Crippen LogP contribution >= 0.6 is 15.9 Å². The second-order valence-electron chi connectivity index (χ2n) is 3.66. The van der Waals surface area contributed by atoms with Crippen molar-refractivity contribution in [2.24, 2.45) is 0 Å². The molecule has 0 atom stereocenters. The molecular formula is C12H16BrF2NO3. The number of hydrogen-bond donors (Lipinski definition) is 1. The van der Waals surface area contributed by atoms with Crippen molar-refractivity contribution in [3.05, 3.63) is 22.2 Å². The topological polar surface area (TPSA) is 39.7 Å². The van der Waals surface area contributed by atoms with Gasteiger partial charge in [-0.25, -0.2) is 0 Å². The lowest BCUT2D eigenvalue weighted by Crippen LogP contribution is -2.18. The van der Waals surface area contributed by atoms with Gasteiger partial charge in [-0.15, -0.1) is 0 Å². The van der Waals surface area contributed by atoms with Crippen molar-refractivity contribution < 1.29 is 23.0 Å². The number of rotatable bonds is 8. The molecule has 0 unspecified atom stereocenters. The van der Waals surface area contributed by atoms with Gasteiger partial charge in [-0.2, -0.15) is 8.78 Å². The highest BCUT2D eigenvalue weighted by molar-refractivity contribution is 9.10. The van der Waals surface area contributed by atoms with Crippen LogP contribution in [-0.2, 0) is 11.3 Å². The standard InChI is InChI=1S/C12H16BrF2NO3/c1-17-4-3-16-7-8-5-9(13)11(19-12(14)15)10(6-8)18-2/h5-6,12,16H,3-4,7H2,1-2H3. The number of halogens is 3. The van der Waals surface area contributed by atoms with E-state index in [-0.39, 0.29) is 11.5 Å². The fourth-order valence-corrected chi connectivity index (χ4v) is 2.07. The molecule has 1 aromatic carbocycles. The summed E-state index contributed by atoms with van der Waals surface area (Å²) >= 11 is 3.20. The Labute approximate surface area is 119 Å². The van der Waals surface area contributed by atoms with Crippen LogP contribution in [0.25, 0.3) is 0 Å². The Morgan fingerprint density at radius 3 is 2.63 bits per heavy atom. The lowest BCUT2D eigenvalue weighted by atomic mass is 10.2. The normalized spacial score (nSPS) is 10.8. The van der Waals surface area contributed by atoms with Gasteiger partial charge in [0.05, 0.1) is 18.2 Å². The fraction of sp³-hybridized carbons (Fsp3) is 0.500. The molecular weight excluding hydrogens is 324 g/mol. The molecule has 0 aliphatic carbocycles. The van der Waals surface area contributed by atoms with Crippen molar-refractivity contribution in [1.82, 2.24) is 5.32 Å². The Kier molecular flexibility index (Phi) is 7.04. The van der Waals surface area contributed by atoms with Gasteiger partial charge in [0.2, 0.25) is 0 Å². The highest BCUT2D eigenvalue weighted by atomic mass is 79.9. The predicted octanol–water partition coefficient (Wildman–Crippen LogP) is 2.80. The van der Waals surface area contributed by atoms with Gasteiger partial charge >= 0.3 is 6.61 Å². The summed E-state index contributed by atoms with van der Waals surface area (Å²) in [6.45, 7) is -1.01. The van der Waals surface area contributed by atoms with Crippen molar-refractivity contribution in [3.8, 4) is 11.5 Å². The summed E-state index contributed by atoms with van der Waals surface area (Å²) in [5.41, 5.74) is 0.890. The van der Waals surface area contributed by atoms with Gasteiger partial charge in [0, 0.05) is 20.2 Å². The molecule has 0 aliphatic rings. The van der Waals surface area contributed by atoms with Gasteiger partial charge in [0.25, 0.3) is 0 Å². The summed E-state index contributed by atoms with van der Waals surface area (Å²) in [7, 11) is 3.03. The summed E-state index contributed by atoms with van der Waals surface area (Å²) in [5, 5.41) is 3.15. The number of alkyl halides is 2. The summed E-state index contributed by atoms with van der Waals surface area (Å²) in [6.07, 6.45) is 0. The van der Waals surface area contributed by atoms with Crippen molar-refractivity contribution in [2.75, 3.05) is 27.4 Å². The van der Waals surface area contributed by atoms with E-state index >= 15 is 0 Å². The molecule has 0 saturated carbocycles. The third kappa shape index (κ3) is 5.30. The van der Waals surface area contributed by atoms with Crippen LogP contribution in [0, 0.1) is 0 Å². The van der Waals surface area contributed by atoms with Crippen LogP contribution in [0.2, 0.25) is 0 Å². The van der Waals surface area contributed by atoms with E-state index in [0.29, 0.717) is 24.2 Å². The first-order valence-corrected chi connectivity index (χ1v) is 6.38. The van der Waals surface area contributed by atoms with Gasteiger partial charge in [-0.05, 0) is 33.6 Å². The first kappa shape index (κ1) is 16.1. The van der Waals surface area contributed by atoms with Gasteiger partial charge in [-0.1, -0.05) is 0 Å². The largest absolute Gasteiger partial charge is 0.493 e. The summed E-state index contributed by atoms with van der Waals surface area (Å²) < 4.78 is 39.4. The molecule has 1 N–H and O–H groups in total. The molecule has 0 heterocycles. The Morgan fingerprint density at radius 2 is 2.05 bits per heavy atom. The summed E-state index contributed by atoms with van der Waals surface area (Å²) in [4.78, 5) is 0. The van der Waals surface area contributed by atoms with Crippen LogP contribution < -0.4 is 14.8 Å². The number of ether oxygens (including phenoxy) is 3.